The standard InChI is InChI=1S/C14H27NO3/c1-10(2)17-13(16)8-12-7-11(5-6-15)9-14(3,4)18-12/h10-12H,5-9,15H2,1-4H3. The van der Waals surface area contributed by atoms with Crippen LogP contribution in [0, 0.1) is 5.92 Å². The Morgan fingerprint density at radius 1 is 1.50 bits per heavy atom. The van der Waals surface area contributed by atoms with Crippen molar-refractivity contribution in [2.75, 3.05) is 6.54 Å². The van der Waals surface area contributed by atoms with Gasteiger partial charge in [0.05, 0.1) is 24.2 Å². The molecule has 1 aliphatic rings. The number of carbonyl (C=O) groups excluding carboxylic acids is 1. The molecule has 1 rings (SSSR count). The first-order chi connectivity index (χ1) is 8.32. The Labute approximate surface area is 110 Å². The number of esters is 1. The lowest BCUT2D eigenvalue weighted by atomic mass is 9.83. The van der Waals surface area contributed by atoms with Crippen LogP contribution in [-0.2, 0) is 14.3 Å². The minimum Gasteiger partial charge on any atom is -0.463 e. The van der Waals surface area contributed by atoms with Crippen LogP contribution in [0.25, 0.3) is 0 Å². The van der Waals surface area contributed by atoms with Gasteiger partial charge in [0, 0.05) is 0 Å². The van der Waals surface area contributed by atoms with Gasteiger partial charge >= 0.3 is 5.97 Å². The van der Waals surface area contributed by atoms with Gasteiger partial charge in [-0.15, -0.1) is 0 Å². The highest BCUT2D eigenvalue weighted by atomic mass is 16.5. The molecule has 0 bridgehead atoms. The maximum Gasteiger partial charge on any atom is 0.308 e. The number of hydrogen-bond donors (Lipinski definition) is 1. The number of nitrogens with two attached hydrogens (primary N) is 1. The van der Waals surface area contributed by atoms with E-state index in [4.69, 9.17) is 15.2 Å². The van der Waals surface area contributed by atoms with E-state index >= 15 is 0 Å². The zero-order chi connectivity index (χ0) is 13.8. The molecule has 0 aromatic carbocycles. The highest BCUT2D eigenvalue weighted by Gasteiger charge is 2.35. The first-order valence-electron chi connectivity index (χ1n) is 6.90. The Bertz CT molecular complexity index is 276. The van der Waals surface area contributed by atoms with E-state index in [1.165, 1.54) is 0 Å². The molecule has 1 saturated heterocycles. The van der Waals surface area contributed by atoms with Gasteiger partial charge in [0.1, 0.15) is 0 Å². The largest absolute Gasteiger partial charge is 0.463 e. The Morgan fingerprint density at radius 2 is 2.17 bits per heavy atom. The molecule has 4 heteroatoms. The zero-order valence-electron chi connectivity index (χ0n) is 12.1. The maximum absolute atomic E-state index is 11.7. The quantitative estimate of drug-likeness (QED) is 0.767. The third-order valence-corrected chi connectivity index (χ3v) is 3.20. The average Bonchev–Trinajstić information content (AvgIpc) is 2.12. The second-order valence-electron chi connectivity index (χ2n) is 6.13. The fraction of sp³-hybridized carbons (Fsp3) is 0.929. The molecule has 0 aromatic heterocycles. The lowest BCUT2D eigenvalue weighted by molar-refractivity contribution is -0.162. The molecule has 0 saturated carbocycles. The molecule has 18 heavy (non-hydrogen) atoms. The van der Waals surface area contributed by atoms with Crippen LogP contribution in [0.5, 0.6) is 0 Å². The van der Waals surface area contributed by atoms with Gasteiger partial charge in [-0.05, 0) is 59.4 Å². The van der Waals surface area contributed by atoms with Crippen LogP contribution in [0.2, 0.25) is 0 Å². The van der Waals surface area contributed by atoms with E-state index in [-0.39, 0.29) is 23.8 Å². The molecule has 0 aromatic rings. The molecule has 2 atom stereocenters. The highest BCUT2D eigenvalue weighted by Crippen LogP contribution is 2.35. The van der Waals surface area contributed by atoms with Gasteiger partial charge in [0.2, 0.25) is 0 Å². The van der Waals surface area contributed by atoms with E-state index in [0.29, 0.717) is 18.9 Å². The molecule has 0 amide bonds. The summed E-state index contributed by atoms with van der Waals surface area (Å²) in [6.07, 6.45) is 3.18. The van der Waals surface area contributed by atoms with E-state index in [1.807, 2.05) is 13.8 Å². The van der Waals surface area contributed by atoms with Crippen molar-refractivity contribution in [2.45, 2.75) is 71.2 Å². The van der Waals surface area contributed by atoms with E-state index in [9.17, 15) is 4.79 Å². The topological polar surface area (TPSA) is 61.5 Å². The second kappa shape index (κ2) is 6.53. The van der Waals surface area contributed by atoms with Crippen molar-refractivity contribution in [1.82, 2.24) is 0 Å². The predicted octanol–water partition coefficient (Wildman–Crippen LogP) is 2.25. The summed E-state index contributed by atoms with van der Waals surface area (Å²) in [5, 5.41) is 0. The fourth-order valence-electron chi connectivity index (χ4n) is 2.78. The minimum absolute atomic E-state index is 0.0310. The molecular weight excluding hydrogens is 230 g/mol. The van der Waals surface area contributed by atoms with Gasteiger partial charge in [-0.1, -0.05) is 0 Å². The van der Waals surface area contributed by atoms with Gasteiger partial charge in [0.25, 0.3) is 0 Å². The molecule has 0 aliphatic carbocycles. The maximum atomic E-state index is 11.7. The third-order valence-electron chi connectivity index (χ3n) is 3.20. The minimum atomic E-state index is -0.167. The highest BCUT2D eigenvalue weighted by molar-refractivity contribution is 5.70. The SMILES string of the molecule is CC(C)OC(=O)CC1CC(CCN)CC(C)(C)O1. The van der Waals surface area contributed by atoms with E-state index in [0.717, 1.165) is 19.3 Å². The van der Waals surface area contributed by atoms with Crippen LogP contribution >= 0.6 is 0 Å². The Morgan fingerprint density at radius 3 is 2.72 bits per heavy atom. The van der Waals surface area contributed by atoms with Crippen LogP contribution in [0.1, 0.15) is 53.4 Å². The fourth-order valence-corrected chi connectivity index (χ4v) is 2.78. The van der Waals surface area contributed by atoms with E-state index < -0.39 is 0 Å². The first kappa shape index (κ1) is 15.4. The van der Waals surface area contributed by atoms with Crippen LogP contribution < -0.4 is 5.73 Å². The lowest BCUT2D eigenvalue weighted by Gasteiger charge is -2.40. The van der Waals surface area contributed by atoms with Crippen molar-refractivity contribution < 1.29 is 14.3 Å². The molecule has 1 heterocycles. The van der Waals surface area contributed by atoms with Crippen LogP contribution in [-0.4, -0.2) is 30.3 Å². The first-order valence-corrected chi connectivity index (χ1v) is 6.90. The van der Waals surface area contributed by atoms with Crippen LogP contribution in [0.4, 0.5) is 0 Å². The molecule has 0 radical (unpaired) electrons. The molecule has 2 N–H and O–H groups in total. The molecule has 1 fully saturated rings. The summed E-state index contributed by atoms with van der Waals surface area (Å²) < 4.78 is 11.1. The number of rotatable bonds is 5. The van der Waals surface area contributed by atoms with Gasteiger partial charge in [-0.3, -0.25) is 4.79 Å². The van der Waals surface area contributed by atoms with Crippen LogP contribution in [0.3, 0.4) is 0 Å². The zero-order valence-corrected chi connectivity index (χ0v) is 12.1. The Balaban J connectivity index is 2.51. The summed E-state index contributed by atoms with van der Waals surface area (Å²) in [4.78, 5) is 11.7. The monoisotopic (exact) mass is 257 g/mol. The van der Waals surface area contributed by atoms with Crippen molar-refractivity contribution in [3.8, 4) is 0 Å². The second-order valence-corrected chi connectivity index (χ2v) is 6.13. The summed E-state index contributed by atoms with van der Waals surface area (Å²) in [7, 11) is 0. The van der Waals surface area contributed by atoms with E-state index in [2.05, 4.69) is 13.8 Å². The van der Waals surface area contributed by atoms with E-state index in [1.54, 1.807) is 0 Å². The lowest BCUT2D eigenvalue weighted by Crippen LogP contribution is -2.41. The Hall–Kier alpha value is -0.610. The van der Waals surface area contributed by atoms with Gasteiger partial charge in [-0.2, -0.15) is 0 Å². The van der Waals surface area contributed by atoms with Gasteiger partial charge < -0.3 is 15.2 Å². The summed E-state index contributed by atoms with van der Waals surface area (Å²) in [6, 6.07) is 0. The third kappa shape index (κ3) is 5.36. The summed E-state index contributed by atoms with van der Waals surface area (Å²) in [5.41, 5.74) is 5.46. The molecule has 4 nitrogen and oxygen atoms in total. The predicted molar refractivity (Wildman–Crippen MR) is 71.2 cm³/mol. The summed E-state index contributed by atoms with van der Waals surface area (Å²) >= 11 is 0. The molecule has 0 spiro atoms. The van der Waals surface area contributed by atoms with Crippen molar-refractivity contribution in [3.63, 3.8) is 0 Å². The van der Waals surface area contributed by atoms with Crippen molar-refractivity contribution in [2.24, 2.45) is 11.7 Å². The average molecular weight is 257 g/mol. The van der Waals surface area contributed by atoms with Crippen molar-refractivity contribution in [3.05, 3.63) is 0 Å². The number of ether oxygens (including phenoxy) is 2. The van der Waals surface area contributed by atoms with Crippen molar-refractivity contribution >= 4 is 5.97 Å². The summed E-state index contributed by atoms with van der Waals surface area (Å²) in [5.74, 6) is 0.384. The number of carbonyl (C=O) groups is 1. The molecule has 2 unspecified atom stereocenters. The molecule has 1 aliphatic heterocycles. The van der Waals surface area contributed by atoms with Gasteiger partial charge in [-0.25, -0.2) is 0 Å². The Kier molecular flexibility index (Phi) is 5.60. The van der Waals surface area contributed by atoms with Crippen molar-refractivity contribution in [1.29, 1.82) is 0 Å². The van der Waals surface area contributed by atoms with Crippen LogP contribution in [0.15, 0.2) is 0 Å². The molecule has 106 valence electrons. The summed E-state index contributed by atoms with van der Waals surface area (Å²) in [6.45, 7) is 8.58. The molecular formula is C14H27NO3. The number of hydrogen-bond acceptors (Lipinski definition) is 4. The smallest absolute Gasteiger partial charge is 0.308 e. The normalized spacial score (nSPS) is 27.2. The van der Waals surface area contributed by atoms with Gasteiger partial charge in [0.15, 0.2) is 0 Å².